The summed E-state index contributed by atoms with van der Waals surface area (Å²) < 4.78 is 10.8. The lowest BCUT2D eigenvalue weighted by Gasteiger charge is -2.19. The highest BCUT2D eigenvalue weighted by atomic mass is 16.5. The zero-order chi connectivity index (χ0) is 14.4. The van der Waals surface area contributed by atoms with Crippen LogP contribution in [0.25, 0.3) is 0 Å². The Morgan fingerprint density at radius 3 is 2.40 bits per heavy atom. The average Bonchev–Trinajstić information content (AvgIpc) is 2.48. The minimum absolute atomic E-state index is 0.609. The zero-order valence-corrected chi connectivity index (χ0v) is 11.9. The molecular formula is C16H20N2O2. The molecule has 0 aliphatic rings. The second-order valence-corrected chi connectivity index (χ2v) is 4.54. The Morgan fingerprint density at radius 2 is 1.75 bits per heavy atom. The Hall–Kier alpha value is -2.36. The first-order valence-electron chi connectivity index (χ1n) is 6.52. The number of nitrogens with zero attached hydrogens (tertiary/aromatic N) is 1. The van der Waals surface area contributed by atoms with Gasteiger partial charge in [-0.2, -0.15) is 0 Å². The van der Waals surface area contributed by atoms with E-state index in [4.69, 9.17) is 15.2 Å². The largest absolute Gasteiger partial charge is 0.497 e. The number of rotatable bonds is 6. The summed E-state index contributed by atoms with van der Waals surface area (Å²) in [5, 5.41) is 0. The molecule has 0 atom stereocenters. The lowest BCUT2D eigenvalue weighted by molar-refractivity contribution is 0.325. The Labute approximate surface area is 119 Å². The van der Waals surface area contributed by atoms with Crippen LogP contribution in [0, 0.1) is 0 Å². The van der Waals surface area contributed by atoms with Crippen LogP contribution in [0.5, 0.6) is 11.5 Å². The fraction of sp³-hybridized carbons (Fsp3) is 0.250. The summed E-state index contributed by atoms with van der Waals surface area (Å²) >= 11 is 0. The molecule has 0 unspecified atom stereocenters. The normalized spacial score (nSPS) is 10.1. The molecule has 0 bridgehead atoms. The van der Waals surface area contributed by atoms with Gasteiger partial charge in [0, 0.05) is 18.4 Å². The molecule has 0 radical (unpaired) electrons. The van der Waals surface area contributed by atoms with Gasteiger partial charge in [-0.3, -0.25) is 0 Å². The van der Waals surface area contributed by atoms with Crippen molar-refractivity contribution in [2.45, 2.75) is 0 Å². The molecule has 0 saturated heterocycles. The first-order chi connectivity index (χ1) is 9.69. The summed E-state index contributed by atoms with van der Waals surface area (Å²) in [5.74, 6) is 1.67. The van der Waals surface area contributed by atoms with Gasteiger partial charge in [0.2, 0.25) is 0 Å². The summed E-state index contributed by atoms with van der Waals surface area (Å²) in [6, 6.07) is 15.4. The molecule has 0 heterocycles. The Kier molecular flexibility index (Phi) is 4.71. The number of nitrogen functional groups attached to an aromatic ring is 1. The molecule has 0 saturated carbocycles. The third-order valence-corrected chi connectivity index (χ3v) is 3.07. The molecule has 0 fully saturated rings. The molecule has 0 aliphatic heterocycles. The highest BCUT2D eigenvalue weighted by Crippen LogP contribution is 2.18. The van der Waals surface area contributed by atoms with Crippen LogP contribution in [0.15, 0.2) is 48.5 Å². The number of hydrogen-bond donors (Lipinski definition) is 1. The summed E-state index contributed by atoms with van der Waals surface area (Å²) in [6.45, 7) is 1.40. The van der Waals surface area contributed by atoms with E-state index in [-0.39, 0.29) is 0 Å². The Bertz CT molecular complexity index is 540. The minimum atomic E-state index is 0.609. The van der Waals surface area contributed by atoms with E-state index in [1.807, 2.05) is 55.6 Å². The van der Waals surface area contributed by atoms with Crippen LogP contribution in [-0.2, 0) is 0 Å². The van der Waals surface area contributed by atoms with E-state index in [9.17, 15) is 0 Å². The smallest absolute Gasteiger partial charge is 0.119 e. The van der Waals surface area contributed by atoms with Crippen LogP contribution in [0.4, 0.5) is 11.4 Å². The molecule has 106 valence electrons. The predicted molar refractivity (Wildman–Crippen MR) is 82.6 cm³/mol. The van der Waals surface area contributed by atoms with E-state index in [0.29, 0.717) is 6.61 Å². The van der Waals surface area contributed by atoms with Gasteiger partial charge in [0.15, 0.2) is 0 Å². The molecule has 2 aromatic carbocycles. The Morgan fingerprint density at radius 1 is 1.05 bits per heavy atom. The van der Waals surface area contributed by atoms with Crippen molar-refractivity contribution >= 4 is 11.4 Å². The van der Waals surface area contributed by atoms with Crippen molar-refractivity contribution in [1.29, 1.82) is 0 Å². The summed E-state index contributed by atoms with van der Waals surface area (Å²) in [5.41, 5.74) is 7.63. The maximum atomic E-state index is 5.77. The van der Waals surface area contributed by atoms with Gasteiger partial charge in [-0.1, -0.05) is 6.07 Å². The lowest BCUT2D eigenvalue weighted by Crippen LogP contribution is -2.23. The van der Waals surface area contributed by atoms with E-state index in [2.05, 4.69) is 4.90 Å². The number of methoxy groups -OCH3 is 1. The van der Waals surface area contributed by atoms with Crippen molar-refractivity contribution in [1.82, 2.24) is 0 Å². The van der Waals surface area contributed by atoms with Crippen LogP contribution in [0.1, 0.15) is 0 Å². The molecule has 0 aromatic heterocycles. The van der Waals surface area contributed by atoms with Gasteiger partial charge < -0.3 is 20.1 Å². The van der Waals surface area contributed by atoms with Crippen molar-refractivity contribution in [3.63, 3.8) is 0 Å². The van der Waals surface area contributed by atoms with Gasteiger partial charge >= 0.3 is 0 Å². The van der Waals surface area contributed by atoms with Crippen LogP contribution in [0.3, 0.4) is 0 Å². The Balaban J connectivity index is 1.82. The molecule has 4 nitrogen and oxygen atoms in total. The number of ether oxygens (including phenoxy) is 2. The molecule has 0 amide bonds. The van der Waals surface area contributed by atoms with Crippen molar-refractivity contribution in [2.24, 2.45) is 0 Å². The quantitative estimate of drug-likeness (QED) is 0.821. The van der Waals surface area contributed by atoms with Gasteiger partial charge in [-0.25, -0.2) is 0 Å². The lowest BCUT2D eigenvalue weighted by atomic mass is 10.2. The number of likely N-dealkylation sites (N-methyl/N-ethyl adjacent to an activating group) is 1. The first-order valence-corrected chi connectivity index (χ1v) is 6.52. The SMILES string of the molecule is COc1ccc(OCCN(C)c2cccc(N)c2)cc1. The molecule has 2 aromatic rings. The maximum Gasteiger partial charge on any atom is 0.119 e. The number of hydrogen-bond acceptors (Lipinski definition) is 4. The number of nitrogens with two attached hydrogens (primary N) is 1. The average molecular weight is 272 g/mol. The van der Waals surface area contributed by atoms with Crippen molar-refractivity contribution in [3.8, 4) is 11.5 Å². The fourth-order valence-electron chi connectivity index (χ4n) is 1.86. The summed E-state index contributed by atoms with van der Waals surface area (Å²) in [7, 11) is 3.67. The van der Waals surface area contributed by atoms with Crippen LogP contribution < -0.4 is 20.1 Å². The van der Waals surface area contributed by atoms with E-state index >= 15 is 0 Å². The van der Waals surface area contributed by atoms with Crippen LogP contribution in [0.2, 0.25) is 0 Å². The van der Waals surface area contributed by atoms with Crippen LogP contribution in [-0.4, -0.2) is 27.3 Å². The molecule has 4 heteroatoms. The van der Waals surface area contributed by atoms with Crippen LogP contribution >= 0.6 is 0 Å². The van der Waals surface area contributed by atoms with Crippen molar-refractivity contribution in [2.75, 3.05) is 37.9 Å². The van der Waals surface area contributed by atoms with Gasteiger partial charge in [-0.05, 0) is 42.5 Å². The summed E-state index contributed by atoms with van der Waals surface area (Å²) in [4.78, 5) is 2.11. The second kappa shape index (κ2) is 6.70. The topological polar surface area (TPSA) is 47.7 Å². The van der Waals surface area contributed by atoms with E-state index in [1.165, 1.54) is 0 Å². The minimum Gasteiger partial charge on any atom is -0.497 e. The molecule has 0 spiro atoms. The van der Waals surface area contributed by atoms with Gasteiger partial charge in [0.1, 0.15) is 18.1 Å². The number of benzene rings is 2. The van der Waals surface area contributed by atoms with Gasteiger partial charge in [0.05, 0.1) is 13.7 Å². The van der Waals surface area contributed by atoms with E-state index < -0.39 is 0 Å². The summed E-state index contributed by atoms with van der Waals surface area (Å²) in [6.07, 6.45) is 0. The van der Waals surface area contributed by atoms with E-state index in [0.717, 1.165) is 29.4 Å². The van der Waals surface area contributed by atoms with E-state index in [1.54, 1.807) is 7.11 Å². The van der Waals surface area contributed by atoms with Gasteiger partial charge in [0.25, 0.3) is 0 Å². The third-order valence-electron chi connectivity index (χ3n) is 3.07. The highest BCUT2D eigenvalue weighted by Gasteiger charge is 2.02. The molecule has 2 rings (SSSR count). The van der Waals surface area contributed by atoms with Crippen molar-refractivity contribution < 1.29 is 9.47 Å². The molecular weight excluding hydrogens is 252 g/mol. The molecule has 20 heavy (non-hydrogen) atoms. The predicted octanol–water partition coefficient (Wildman–Crippen LogP) is 2.79. The maximum absolute atomic E-state index is 5.77. The fourth-order valence-corrected chi connectivity index (χ4v) is 1.86. The van der Waals surface area contributed by atoms with Crippen molar-refractivity contribution in [3.05, 3.63) is 48.5 Å². The zero-order valence-electron chi connectivity index (χ0n) is 11.9. The monoisotopic (exact) mass is 272 g/mol. The molecule has 2 N–H and O–H groups in total. The highest BCUT2D eigenvalue weighted by molar-refractivity contribution is 5.55. The second-order valence-electron chi connectivity index (χ2n) is 4.54. The molecule has 0 aliphatic carbocycles. The first kappa shape index (κ1) is 14.1. The third kappa shape index (κ3) is 3.82. The number of anilines is 2. The standard InChI is InChI=1S/C16H20N2O2/c1-18(14-5-3-4-13(17)12-14)10-11-20-16-8-6-15(19-2)7-9-16/h3-9,12H,10-11,17H2,1-2H3. The van der Waals surface area contributed by atoms with Gasteiger partial charge in [-0.15, -0.1) is 0 Å².